The van der Waals surface area contributed by atoms with E-state index >= 15 is 0 Å². The van der Waals surface area contributed by atoms with Crippen LogP contribution in [0.1, 0.15) is 21.5 Å². The maximum Gasteiger partial charge on any atom is 0.255 e. The summed E-state index contributed by atoms with van der Waals surface area (Å²) in [7, 11) is 0. The van der Waals surface area contributed by atoms with Crippen molar-refractivity contribution in [2.24, 2.45) is 0 Å². The molecular weight excluding hydrogens is 374 g/mol. The van der Waals surface area contributed by atoms with Gasteiger partial charge in [0.1, 0.15) is 0 Å². The number of nitriles is 1. The van der Waals surface area contributed by atoms with Gasteiger partial charge < -0.3 is 15.1 Å². The fraction of sp³-hybridized carbons (Fsp3) is 0.208. The summed E-state index contributed by atoms with van der Waals surface area (Å²) >= 11 is 0. The van der Waals surface area contributed by atoms with E-state index in [0.717, 1.165) is 18.8 Å². The number of aromatic nitrogens is 1. The van der Waals surface area contributed by atoms with E-state index in [0.29, 0.717) is 29.9 Å². The second-order valence-electron chi connectivity index (χ2n) is 7.40. The molecule has 1 N–H and O–H groups in total. The standard InChI is InChI=1S/C24H23N5O/c1-18-4-2-7-23(12-18)28-8-10-29(11-9-28)24(30)20-14-22(17-26-16-20)27-21-6-3-5-19(13-21)15-25/h2-7,12-14,16-17,27H,8-11H2,1H3. The number of anilines is 3. The lowest BCUT2D eigenvalue weighted by Crippen LogP contribution is -2.48. The molecule has 0 spiro atoms. The Labute approximate surface area is 176 Å². The Morgan fingerprint density at radius 2 is 1.80 bits per heavy atom. The highest BCUT2D eigenvalue weighted by molar-refractivity contribution is 5.95. The molecule has 1 saturated heterocycles. The molecule has 1 aromatic heterocycles. The van der Waals surface area contributed by atoms with Crippen molar-refractivity contribution in [3.8, 4) is 6.07 Å². The van der Waals surface area contributed by atoms with Crippen LogP contribution < -0.4 is 10.2 Å². The maximum absolute atomic E-state index is 13.0. The Hall–Kier alpha value is -3.85. The molecule has 2 heterocycles. The number of hydrogen-bond acceptors (Lipinski definition) is 5. The fourth-order valence-corrected chi connectivity index (χ4v) is 3.63. The first kappa shape index (κ1) is 19.5. The fourth-order valence-electron chi connectivity index (χ4n) is 3.63. The SMILES string of the molecule is Cc1cccc(N2CCN(C(=O)c3cncc(Nc4cccc(C#N)c4)c3)CC2)c1. The van der Waals surface area contributed by atoms with Crippen molar-refractivity contribution in [2.75, 3.05) is 36.4 Å². The molecule has 1 aliphatic rings. The molecule has 1 fully saturated rings. The van der Waals surface area contributed by atoms with E-state index in [4.69, 9.17) is 5.26 Å². The summed E-state index contributed by atoms with van der Waals surface area (Å²) in [6.07, 6.45) is 3.28. The summed E-state index contributed by atoms with van der Waals surface area (Å²) in [6, 6.07) is 19.6. The summed E-state index contributed by atoms with van der Waals surface area (Å²) in [5.41, 5.74) is 5.07. The van der Waals surface area contributed by atoms with Crippen molar-refractivity contribution in [1.82, 2.24) is 9.88 Å². The van der Waals surface area contributed by atoms with Crippen LogP contribution in [0.5, 0.6) is 0 Å². The van der Waals surface area contributed by atoms with Crippen LogP contribution >= 0.6 is 0 Å². The second-order valence-corrected chi connectivity index (χ2v) is 7.40. The van der Waals surface area contributed by atoms with Gasteiger partial charge in [-0.3, -0.25) is 9.78 Å². The smallest absolute Gasteiger partial charge is 0.255 e. The van der Waals surface area contributed by atoms with Crippen LogP contribution in [-0.2, 0) is 0 Å². The first-order valence-corrected chi connectivity index (χ1v) is 9.95. The van der Waals surface area contributed by atoms with Gasteiger partial charge in [-0.05, 0) is 48.9 Å². The van der Waals surface area contributed by atoms with Crippen molar-refractivity contribution in [3.05, 3.63) is 83.7 Å². The molecule has 30 heavy (non-hydrogen) atoms. The zero-order chi connectivity index (χ0) is 20.9. The molecule has 1 aliphatic heterocycles. The average molecular weight is 397 g/mol. The molecule has 6 heteroatoms. The van der Waals surface area contributed by atoms with Gasteiger partial charge in [-0.25, -0.2) is 0 Å². The van der Waals surface area contributed by atoms with Crippen LogP contribution in [0, 0.1) is 18.3 Å². The zero-order valence-electron chi connectivity index (χ0n) is 16.9. The van der Waals surface area contributed by atoms with Crippen LogP contribution in [0.4, 0.5) is 17.1 Å². The Bertz CT molecular complexity index is 1100. The number of carbonyl (C=O) groups excluding carboxylic acids is 1. The van der Waals surface area contributed by atoms with Gasteiger partial charge in [-0.1, -0.05) is 18.2 Å². The third-order valence-corrected chi connectivity index (χ3v) is 5.20. The topological polar surface area (TPSA) is 72.3 Å². The Kier molecular flexibility index (Phi) is 5.62. The molecular formula is C24H23N5O. The number of aryl methyl sites for hydroxylation is 1. The van der Waals surface area contributed by atoms with Crippen LogP contribution in [0.2, 0.25) is 0 Å². The molecule has 0 aliphatic carbocycles. The van der Waals surface area contributed by atoms with E-state index in [1.165, 1.54) is 11.3 Å². The van der Waals surface area contributed by atoms with E-state index in [1.54, 1.807) is 30.6 Å². The molecule has 0 unspecified atom stereocenters. The summed E-state index contributed by atoms with van der Waals surface area (Å²) in [5.74, 6) is -0.0131. The van der Waals surface area contributed by atoms with Gasteiger partial charge in [0.05, 0.1) is 29.1 Å². The summed E-state index contributed by atoms with van der Waals surface area (Å²) in [4.78, 5) is 21.4. The highest BCUT2D eigenvalue weighted by Crippen LogP contribution is 2.21. The van der Waals surface area contributed by atoms with E-state index in [2.05, 4.69) is 52.5 Å². The Balaban J connectivity index is 1.41. The molecule has 0 bridgehead atoms. The number of rotatable bonds is 4. The van der Waals surface area contributed by atoms with Crippen LogP contribution in [-0.4, -0.2) is 42.0 Å². The summed E-state index contributed by atoms with van der Waals surface area (Å²) < 4.78 is 0. The molecule has 2 aromatic carbocycles. The zero-order valence-corrected chi connectivity index (χ0v) is 16.9. The minimum absolute atomic E-state index is 0.0131. The Morgan fingerprint density at radius 3 is 2.57 bits per heavy atom. The Morgan fingerprint density at radius 1 is 1.00 bits per heavy atom. The van der Waals surface area contributed by atoms with E-state index < -0.39 is 0 Å². The van der Waals surface area contributed by atoms with Gasteiger partial charge in [0.25, 0.3) is 5.91 Å². The minimum atomic E-state index is -0.0131. The summed E-state index contributed by atoms with van der Waals surface area (Å²) in [5, 5.41) is 12.3. The first-order valence-electron chi connectivity index (χ1n) is 9.95. The first-order chi connectivity index (χ1) is 14.6. The number of benzene rings is 2. The van der Waals surface area contributed by atoms with Gasteiger partial charge >= 0.3 is 0 Å². The predicted molar refractivity (Wildman–Crippen MR) is 118 cm³/mol. The molecule has 4 rings (SSSR count). The van der Waals surface area contributed by atoms with E-state index in [-0.39, 0.29) is 5.91 Å². The van der Waals surface area contributed by atoms with E-state index in [1.807, 2.05) is 17.0 Å². The number of nitrogens with zero attached hydrogens (tertiary/aromatic N) is 4. The number of pyridine rings is 1. The quantitative estimate of drug-likeness (QED) is 0.721. The second kappa shape index (κ2) is 8.66. The maximum atomic E-state index is 13.0. The minimum Gasteiger partial charge on any atom is -0.368 e. The highest BCUT2D eigenvalue weighted by Gasteiger charge is 2.22. The third kappa shape index (κ3) is 4.41. The van der Waals surface area contributed by atoms with Crippen molar-refractivity contribution < 1.29 is 4.79 Å². The van der Waals surface area contributed by atoms with Crippen LogP contribution in [0.3, 0.4) is 0 Å². The van der Waals surface area contributed by atoms with Gasteiger partial charge in [0.15, 0.2) is 0 Å². The number of nitrogens with one attached hydrogen (secondary N) is 1. The summed E-state index contributed by atoms with van der Waals surface area (Å²) in [6.45, 7) is 5.06. The average Bonchev–Trinajstić information content (AvgIpc) is 2.79. The molecule has 150 valence electrons. The molecule has 1 amide bonds. The largest absolute Gasteiger partial charge is 0.368 e. The number of piperazine rings is 1. The molecule has 0 saturated carbocycles. The molecule has 3 aromatic rings. The van der Waals surface area contributed by atoms with Crippen molar-refractivity contribution in [2.45, 2.75) is 6.92 Å². The van der Waals surface area contributed by atoms with Crippen molar-refractivity contribution >= 4 is 23.0 Å². The van der Waals surface area contributed by atoms with Crippen LogP contribution in [0.15, 0.2) is 67.0 Å². The van der Waals surface area contributed by atoms with Gasteiger partial charge in [0, 0.05) is 43.8 Å². The van der Waals surface area contributed by atoms with Gasteiger partial charge in [0.2, 0.25) is 0 Å². The molecule has 0 atom stereocenters. The number of carbonyl (C=O) groups is 1. The lowest BCUT2D eigenvalue weighted by atomic mass is 10.1. The number of hydrogen-bond donors (Lipinski definition) is 1. The predicted octanol–water partition coefficient (Wildman–Crippen LogP) is 3.97. The molecule has 0 radical (unpaired) electrons. The van der Waals surface area contributed by atoms with Gasteiger partial charge in [-0.15, -0.1) is 0 Å². The normalized spacial score (nSPS) is 13.6. The number of amides is 1. The molecule has 6 nitrogen and oxygen atoms in total. The monoisotopic (exact) mass is 397 g/mol. The van der Waals surface area contributed by atoms with Crippen molar-refractivity contribution in [3.63, 3.8) is 0 Å². The van der Waals surface area contributed by atoms with E-state index in [9.17, 15) is 4.79 Å². The van der Waals surface area contributed by atoms with Gasteiger partial charge in [-0.2, -0.15) is 5.26 Å². The van der Waals surface area contributed by atoms with Crippen molar-refractivity contribution in [1.29, 1.82) is 5.26 Å². The highest BCUT2D eigenvalue weighted by atomic mass is 16.2. The lowest BCUT2D eigenvalue weighted by Gasteiger charge is -2.36. The third-order valence-electron chi connectivity index (χ3n) is 5.20. The van der Waals surface area contributed by atoms with Crippen LogP contribution in [0.25, 0.3) is 0 Å². The lowest BCUT2D eigenvalue weighted by molar-refractivity contribution is 0.0746.